The van der Waals surface area contributed by atoms with E-state index in [-0.39, 0.29) is 18.1 Å². The van der Waals surface area contributed by atoms with E-state index < -0.39 is 11.8 Å². The lowest BCUT2D eigenvalue weighted by atomic mass is 10.1. The molecule has 0 atom stereocenters. The van der Waals surface area contributed by atoms with Crippen LogP contribution in [0.15, 0.2) is 48.5 Å². The van der Waals surface area contributed by atoms with Crippen LogP contribution >= 0.6 is 0 Å². The molecule has 0 radical (unpaired) electrons. The minimum atomic E-state index is -0.520. The third-order valence-electron chi connectivity index (χ3n) is 4.19. The maximum Gasteiger partial charge on any atom is 0.320 e. The maximum absolute atomic E-state index is 13.5. The van der Waals surface area contributed by atoms with E-state index in [9.17, 15) is 14.0 Å². The minimum Gasteiger partial charge on any atom is -0.327 e. The van der Waals surface area contributed by atoms with Crippen molar-refractivity contribution >= 4 is 23.3 Å². The molecule has 1 heterocycles. The second-order valence-electron chi connectivity index (χ2n) is 6.14. The number of carbonyl (C=O) groups excluding carboxylic acids is 2. The van der Waals surface area contributed by atoms with Gasteiger partial charge in [-0.3, -0.25) is 4.79 Å². The number of rotatable bonds is 3. The molecule has 0 spiro atoms. The lowest BCUT2D eigenvalue weighted by molar-refractivity contribution is -0.119. The Morgan fingerprint density at radius 1 is 1.11 bits per heavy atom. The third kappa shape index (κ3) is 5.08. The van der Waals surface area contributed by atoms with Crippen molar-refractivity contribution in [2.45, 2.75) is 19.3 Å². The molecule has 2 aromatic rings. The van der Waals surface area contributed by atoms with Crippen LogP contribution in [-0.4, -0.2) is 25.0 Å². The topological polar surface area (TPSA) is 61.4 Å². The number of carbonyl (C=O) groups is 2. The molecule has 3 rings (SSSR count). The molecule has 5 nitrogen and oxygen atoms in total. The van der Waals surface area contributed by atoms with Crippen molar-refractivity contribution in [2.75, 3.05) is 23.3 Å². The Balaban J connectivity index is 1.50. The van der Waals surface area contributed by atoms with Crippen LogP contribution in [0.25, 0.3) is 0 Å². The molecule has 0 unspecified atom stereocenters. The molecular formula is C21H20FN3O2. The Kier molecular flexibility index (Phi) is 6.06. The molecule has 27 heavy (non-hydrogen) atoms. The Morgan fingerprint density at radius 3 is 2.63 bits per heavy atom. The molecule has 6 heteroatoms. The molecular weight excluding hydrogens is 345 g/mol. The molecule has 1 aliphatic rings. The molecule has 138 valence electrons. The number of benzene rings is 2. The molecule has 0 saturated carbocycles. The number of piperidine rings is 1. The summed E-state index contributed by atoms with van der Waals surface area (Å²) in [6, 6.07) is 12.9. The number of anilines is 2. The summed E-state index contributed by atoms with van der Waals surface area (Å²) in [5, 5.41) is 4.98. The zero-order valence-corrected chi connectivity index (χ0v) is 14.8. The number of hydrogen-bond donors (Lipinski definition) is 2. The summed E-state index contributed by atoms with van der Waals surface area (Å²) in [7, 11) is 0. The Hall–Kier alpha value is -3.33. The first-order valence-electron chi connectivity index (χ1n) is 8.82. The van der Waals surface area contributed by atoms with Crippen molar-refractivity contribution in [3.8, 4) is 11.8 Å². The van der Waals surface area contributed by atoms with Crippen molar-refractivity contribution in [2.24, 2.45) is 0 Å². The smallest absolute Gasteiger partial charge is 0.320 e. The van der Waals surface area contributed by atoms with Crippen LogP contribution in [0, 0.1) is 17.7 Å². The van der Waals surface area contributed by atoms with Crippen LogP contribution in [0.5, 0.6) is 0 Å². The van der Waals surface area contributed by atoms with E-state index in [1.54, 1.807) is 17.0 Å². The van der Waals surface area contributed by atoms with Gasteiger partial charge in [0.05, 0.1) is 12.2 Å². The second-order valence-corrected chi connectivity index (χ2v) is 6.14. The monoisotopic (exact) mass is 365 g/mol. The average Bonchev–Trinajstić information content (AvgIpc) is 2.68. The van der Waals surface area contributed by atoms with Gasteiger partial charge in [-0.1, -0.05) is 24.0 Å². The Bertz CT molecular complexity index is 884. The van der Waals surface area contributed by atoms with Gasteiger partial charge >= 0.3 is 6.03 Å². The van der Waals surface area contributed by atoms with Gasteiger partial charge in [-0.25, -0.2) is 9.18 Å². The van der Waals surface area contributed by atoms with Gasteiger partial charge in [-0.15, -0.1) is 0 Å². The normalized spacial score (nSPS) is 13.5. The fourth-order valence-corrected chi connectivity index (χ4v) is 2.80. The highest BCUT2D eigenvalue weighted by atomic mass is 19.1. The van der Waals surface area contributed by atoms with E-state index >= 15 is 0 Å². The molecule has 1 fully saturated rings. The summed E-state index contributed by atoms with van der Waals surface area (Å²) in [6.07, 6.45) is 2.58. The van der Waals surface area contributed by atoms with E-state index in [2.05, 4.69) is 22.5 Å². The quantitative estimate of drug-likeness (QED) is 0.818. The maximum atomic E-state index is 13.5. The van der Waals surface area contributed by atoms with Gasteiger partial charge in [0, 0.05) is 24.2 Å². The lowest BCUT2D eigenvalue weighted by Crippen LogP contribution is -2.35. The molecule has 2 aromatic carbocycles. The van der Waals surface area contributed by atoms with Crippen molar-refractivity contribution in [3.05, 3.63) is 59.9 Å². The highest BCUT2D eigenvalue weighted by Gasteiger charge is 2.19. The molecule has 1 aliphatic heterocycles. The van der Waals surface area contributed by atoms with Crippen molar-refractivity contribution in [1.82, 2.24) is 5.32 Å². The largest absolute Gasteiger partial charge is 0.327 e. The lowest BCUT2D eigenvalue weighted by Gasteiger charge is -2.26. The van der Waals surface area contributed by atoms with E-state index in [1.165, 1.54) is 12.1 Å². The van der Waals surface area contributed by atoms with Crippen LogP contribution in [0.4, 0.5) is 20.6 Å². The minimum absolute atomic E-state index is 0.116. The van der Waals surface area contributed by atoms with Gasteiger partial charge in [0.2, 0.25) is 5.91 Å². The summed E-state index contributed by atoms with van der Waals surface area (Å²) >= 11 is 0. The predicted octanol–water partition coefficient (Wildman–Crippen LogP) is 3.52. The van der Waals surface area contributed by atoms with Crippen molar-refractivity contribution in [3.63, 3.8) is 0 Å². The van der Waals surface area contributed by atoms with Crippen molar-refractivity contribution < 1.29 is 14.0 Å². The number of hydrogen-bond acceptors (Lipinski definition) is 2. The summed E-state index contributed by atoms with van der Waals surface area (Å²) in [6.45, 7) is 0.886. The summed E-state index contributed by atoms with van der Waals surface area (Å²) in [5.41, 5.74) is 1.79. The molecule has 0 bridgehead atoms. The zero-order valence-electron chi connectivity index (χ0n) is 14.8. The first-order valence-corrected chi connectivity index (χ1v) is 8.82. The molecule has 0 aromatic heterocycles. The number of nitrogens with one attached hydrogen (secondary N) is 2. The molecule has 3 amide bonds. The van der Waals surface area contributed by atoms with Crippen LogP contribution < -0.4 is 15.5 Å². The molecule has 0 aliphatic carbocycles. The molecule has 2 N–H and O–H groups in total. The van der Waals surface area contributed by atoms with Crippen molar-refractivity contribution in [1.29, 1.82) is 0 Å². The summed E-state index contributed by atoms with van der Waals surface area (Å²) < 4.78 is 13.5. The van der Waals surface area contributed by atoms with E-state index in [1.807, 2.05) is 24.3 Å². The fraction of sp³-hybridized carbons (Fsp3) is 0.238. The SMILES string of the molecule is O=C(NCC#Cc1ccc(N2CCCCC2=O)cc1)Nc1ccccc1F. The first-order chi connectivity index (χ1) is 13.1. The second kappa shape index (κ2) is 8.86. The van der Waals surface area contributed by atoms with Gasteiger partial charge in [-0.2, -0.15) is 0 Å². The Morgan fingerprint density at radius 2 is 1.89 bits per heavy atom. The number of halogens is 1. The predicted molar refractivity (Wildman–Crippen MR) is 103 cm³/mol. The first kappa shape index (κ1) is 18.5. The number of urea groups is 1. The number of para-hydroxylation sites is 1. The molecule has 1 saturated heterocycles. The van der Waals surface area contributed by atoms with Crippen LogP contribution in [0.2, 0.25) is 0 Å². The standard InChI is InChI=1S/C21H20FN3O2/c22-18-7-1-2-8-19(18)24-21(27)23-14-5-6-16-10-12-17(13-11-16)25-15-4-3-9-20(25)26/h1-2,7-8,10-13H,3-4,9,14-15H2,(H2,23,24,27). The van der Waals surface area contributed by atoms with Gasteiger partial charge in [0.25, 0.3) is 0 Å². The van der Waals surface area contributed by atoms with E-state index in [0.29, 0.717) is 6.42 Å². The Labute approximate surface area is 157 Å². The van der Waals surface area contributed by atoms with Crippen LogP contribution in [0.3, 0.4) is 0 Å². The summed E-state index contributed by atoms with van der Waals surface area (Å²) in [4.78, 5) is 25.5. The zero-order chi connectivity index (χ0) is 19.1. The highest BCUT2D eigenvalue weighted by molar-refractivity contribution is 5.94. The summed E-state index contributed by atoms with van der Waals surface area (Å²) in [5.74, 6) is 5.45. The van der Waals surface area contributed by atoms with Gasteiger partial charge < -0.3 is 15.5 Å². The van der Waals surface area contributed by atoms with Crippen LogP contribution in [-0.2, 0) is 4.79 Å². The van der Waals surface area contributed by atoms with E-state index in [4.69, 9.17) is 0 Å². The van der Waals surface area contributed by atoms with Gasteiger partial charge in [0.1, 0.15) is 5.82 Å². The average molecular weight is 365 g/mol. The number of amides is 3. The van der Waals surface area contributed by atoms with E-state index in [0.717, 1.165) is 30.6 Å². The van der Waals surface area contributed by atoms with Gasteiger partial charge in [0.15, 0.2) is 0 Å². The highest BCUT2D eigenvalue weighted by Crippen LogP contribution is 2.21. The number of nitrogens with zero attached hydrogens (tertiary/aromatic N) is 1. The fourth-order valence-electron chi connectivity index (χ4n) is 2.80. The van der Waals surface area contributed by atoms with Crippen LogP contribution in [0.1, 0.15) is 24.8 Å². The van der Waals surface area contributed by atoms with Gasteiger partial charge in [-0.05, 0) is 49.2 Å². The third-order valence-corrected chi connectivity index (χ3v) is 4.19.